The molecule has 3 nitrogen and oxygen atoms in total. The summed E-state index contributed by atoms with van der Waals surface area (Å²) in [5.41, 5.74) is 2.32. The highest BCUT2D eigenvalue weighted by molar-refractivity contribution is 5.81. The Bertz CT molecular complexity index is 384. The van der Waals surface area contributed by atoms with Crippen LogP contribution in [0.2, 0.25) is 0 Å². The minimum absolute atomic E-state index is 0.270. The van der Waals surface area contributed by atoms with Gasteiger partial charge in [-0.05, 0) is 57.7 Å². The van der Waals surface area contributed by atoms with E-state index in [4.69, 9.17) is 9.57 Å². The van der Waals surface area contributed by atoms with E-state index in [1.165, 1.54) is 5.56 Å². The van der Waals surface area contributed by atoms with Gasteiger partial charge in [-0.3, -0.25) is 0 Å². The zero-order valence-electron chi connectivity index (χ0n) is 12.5. The number of rotatable bonds is 8. The van der Waals surface area contributed by atoms with E-state index in [0.717, 1.165) is 30.7 Å². The standard InChI is InChI=1S/C16H25NO2/c1-5-14(4)19-16-11-9-15(10-12-16)8-7-13(3)17-18-6-2/h9-12,14H,5-8H2,1-4H3/b17-13+. The topological polar surface area (TPSA) is 30.8 Å². The Morgan fingerprint density at radius 3 is 2.47 bits per heavy atom. The molecule has 0 aliphatic heterocycles. The highest BCUT2D eigenvalue weighted by atomic mass is 16.6. The predicted molar refractivity (Wildman–Crippen MR) is 79.9 cm³/mol. The average Bonchev–Trinajstić information content (AvgIpc) is 2.44. The van der Waals surface area contributed by atoms with Gasteiger partial charge in [0.1, 0.15) is 12.4 Å². The average molecular weight is 263 g/mol. The summed E-state index contributed by atoms with van der Waals surface area (Å²) in [7, 11) is 0. The molecule has 0 saturated carbocycles. The Morgan fingerprint density at radius 1 is 1.21 bits per heavy atom. The van der Waals surface area contributed by atoms with Crippen molar-refractivity contribution in [1.29, 1.82) is 0 Å². The van der Waals surface area contributed by atoms with Crippen LogP contribution >= 0.6 is 0 Å². The van der Waals surface area contributed by atoms with Gasteiger partial charge in [0, 0.05) is 0 Å². The van der Waals surface area contributed by atoms with Crippen molar-refractivity contribution < 1.29 is 9.57 Å². The number of hydrogen-bond acceptors (Lipinski definition) is 3. The molecule has 0 aliphatic carbocycles. The van der Waals surface area contributed by atoms with E-state index in [-0.39, 0.29) is 6.10 Å². The zero-order valence-corrected chi connectivity index (χ0v) is 12.5. The van der Waals surface area contributed by atoms with Crippen molar-refractivity contribution in [2.24, 2.45) is 5.16 Å². The van der Waals surface area contributed by atoms with Gasteiger partial charge in [0.15, 0.2) is 0 Å². The summed E-state index contributed by atoms with van der Waals surface area (Å²) in [5.74, 6) is 0.942. The molecule has 1 atom stereocenters. The molecule has 19 heavy (non-hydrogen) atoms. The van der Waals surface area contributed by atoms with Crippen molar-refractivity contribution in [3.8, 4) is 5.75 Å². The van der Waals surface area contributed by atoms with E-state index in [9.17, 15) is 0 Å². The van der Waals surface area contributed by atoms with Gasteiger partial charge in [-0.25, -0.2) is 0 Å². The molecule has 0 bridgehead atoms. The van der Waals surface area contributed by atoms with E-state index in [1.54, 1.807) is 0 Å². The maximum Gasteiger partial charge on any atom is 0.119 e. The van der Waals surface area contributed by atoms with Gasteiger partial charge in [0.25, 0.3) is 0 Å². The Balaban J connectivity index is 2.44. The van der Waals surface area contributed by atoms with Crippen molar-refractivity contribution in [1.82, 2.24) is 0 Å². The third kappa shape index (κ3) is 6.27. The first-order chi connectivity index (χ1) is 9.15. The summed E-state index contributed by atoms with van der Waals surface area (Å²) in [6.07, 6.45) is 3.19. The van der Waals surface area contributed by atoms with Gasteiger partial charge in [-0.1, -0.05) is 24.2 Å². The molecule has 1 unspecified atom stereocenters. The first kappa shape index (κ1) is 15.5. The van der Waals surface area contributed by atoms with E-state index in [1.807, 2.05) is 26.0 Å². The minimum Gasteiger partial charge on any atom is -0.491 e. The van der Waals surface area contributed by atoms with Crippen LogP contribution in [0, 0.1) is 0 Å². The molecule has 0 N–H and O–H groups in total. The second kappa shape index (κ2) is 8.57. The summed E-state index contributed by atoms with van der Waals surface area (Å²) in [4.78, 5) is 5.03. The van der Waals surface area contributed by atoms with Gasteiger partial charge < -0.3 is 9.57 Å². The Morgan fingerprint density at radius 2 is 1.89 bits per heavy atom. The van der Waals surface area contributed by atoms with Crippen molar-refractivity contribution in [2.75, 3.05) is 6.61 Å². The molecule has 3 heteroatoms. The zero-order chi connectivity index (χ0) is 14.1. The molecule has 0 aliphatic rings. The normalized spacial score (nSPS) is 13.2. The van der Waals surface area contributed by atoms with Crippen molar-refractivity contribution >= 4 is 5.71 Å². The van der Waals surface area contributed by atoms with Crippen LogP contribution in [-0.2, 0) is 11.3 Å². The molecule has 0 heterocycles. The summed E-state index contributed by atoms with van der Waals surface area (Å²) in [5, 5.41) is 4.02. The molecule has 0 saturated heterocycles. The minimum atomic E-state index is 0.270. The molecule has 0 radical (unpaired) electrons. The van der Waals surface area contributed by atoms with Gasteiger partial charge in [0.05, 0.1) is 11.8 Å². The highest BCUT2D eigenvalue weighted by Crippen LogP contribution is 2.15. The molecule has 106 valence electrons. The monoisotopic (exact) mass is 263 g/mol. The summed E-state index contributed by atoms with van der Waals surface area (Å²) in [6.45, 7) is 8.77. The fourth-order valence-electron chi connectivity index (χ4n) is 1.60. The lowest BCUT2D eigenvalue weighted by atomic mass is 10.1. The number of benzene rings is 1. The van der Waals surface area contributed by atoms with Crippen LogP contribution < -0.4 is 4.74 Å². The van der Waals surface area contributed by atoms with Crippen LogP contribution in [0.15, 0.2) is 29.4 Å². The van der Waals surface area contributed by atoms with Crippen LogP contribution in [0.5, 0.6) is 5.75 Å². The molecule has 1 aromatic carbocycles. The maximum absolute atomic E-state index is 5.75. The molecule has 0 amide bonds. The van der Waals surface area contributed by atoms with Gasteiger partial charge >= 0.3 is 0 Å². The molecule has 1 rings (SSSR count). The van der Waals surface area contributed by atoms with Crippen LogP contribution in [-0.4, -0.2) is 18.4 Å². The Hall–Kier alpha value is -1.51. The van der Waals surface area contributed by atoms with Crippen LogP contribution in [0.1, 0.15) is 46.1 Å². The second-order valence-corrected chi connectivity index (χ2v) is 4.73. The van der Waals surface area contributed by atoms with Crippen molar-refractivity contribution in [2.45, 2.75) is 53.1 Å². The van der Waals surface area contributed by atoms with Gasteiger partial charge in [0.2, 0.25) is 0 Å². The number of ether oxygens (including phenoxy) is 1. The summed E-state index contributed by atoms with van der Waals surface area (Å²) >= 11 is 0. The largest absolute Gasteiger partial charge is 0.491 e. The number of aryl methyl sites for hydroxylation is 1. The second-order valence-electron chi connectivity index (χ2n) is 4.73. The van der Waals surface area contributed by atoms with Crippen LogP contribution in [0.25, 0.3) is 0 Å². The molecule has 1 aromatic rings. The SMILES string of the molecule is CCO/N=C(\C)CCc1ccc(OC(C)CC)cc1. The highest BCUT2D eigenvalue weighted by Gasteiger charge is 2.01. The molecule has 0 spiro atoms. The van der Waals surface area contributed by atoms with Crippen molar-refractivity contribution in [3.63, 3.8) is 0 Å². The fourth-order valence-corrected chi connectivity index (χ4v) is 1.60. The summed E-state index contributed by atoms with van der Waals surface area (Å²) in [6, 6.07) is 8.31. The molecular formula is C16H25NO2. The first-order valence-corrected chi connectivity index (χ1v) is 7.06. The van der Waals surface area contributed by atoms with Crippen molar-refractivity contribution in [3.05, 3.63) is 29.8 Å². The Kier molecular flexibility index (Phi) is 7.01. The third-order valence-electron chi connectivity index (χ3n) is 2.96. The van der Waals surface area contributed by atoms with E-state index < -0.39 is 0 Å². The van der Waals surface area contributed by atoms with E-state index in [0.29, 0.717) is 6.61 Å². The number of nitrogens with zero attached hydrogens (tertiary/aromatic N) is 1. The lowest BCUT2D eigenvalue weighted by molar-refractivity contribution is 0.158. The lowest BCUT2D eigenvalue weighted by Gasteiger charge is -2.12. The van der Waals surface area contributed by atoms with Gasteiger partial charge in [-0.15, -0.1) is 0 Å². The van der Waals surface area contributed by atoms with E-state index in [2.05, 4.69) is 31.1 Å². The van der Waals surface area contributed by atoms with Crippen LogP contribution in [0.3, 0.4) is 0 Å². The van der Waals surface area contributed by atoms with Crippen LogP contribution in [0.4, 0.5) is 0 Å². The number of oxime groups is 1. The lowest BCUT2D eigenvalue weighted by Crippen LogP contribution is -2.09. The quantitative estimate of drug-likeness (QED) is 0.519. The fraction of sp³-hybridized carbons (Fsp3) is 0.562. The maximum atomic E-state index is 5.75. The predicted octanol–water partition coefficient (Wildman–Crippen LogP) is 4.21. The molecular weight excluding hydrogens is 238 g/mol. The van der Waals surface area contributed by atoms with Gasteiger partial charge in [-0.2, -0.15) is 0 Å². The number of hydrogen-bond donors (Lipinski definition) is 0. The Labute approximate surface area is 116 Å². The molecule has 0 fully saturated rings. The first-order valence-electron chi connectivity index (χ1n) is 7.06. The van der Waals surface area contributed by atoms with E-state index >= 15 is 0 Å². The summed E-state index contributed by atoms with van der Waals surface area (Å²) < 4.78 is 5.75. The molecule has 0 aromatic heterocycles. The third-order valence-corrected chi connectivity index (χ3v) is 2.96. The smallest absolute Gasteiger partial charge is 0.119 e.